The lowest BCUT2D eigenvalue weighted by molar-refractivity contribution is 0.0690. The average molecular weight is 405 g/mol. The van der Waals surface area contributed by atoms with Gasteiger partial charge in [0.25, 0.3) is 5.91 Å². The first-order valence-corrected chi connectivity index (χ1v) is 10.6. The molecule has 0 radical (unpaired) electrons. The van der Waals surface area contributed by atoms with E-state index in [0.29, 0.717) is 18.1 Å². The summed E-state index contributed by atoms with van der Waals surface area (Å²) in [5, 5.41) is 4.22. The molecule has 156 valence electrons. The van der Waals surface area contributed by atoms with Crippen molar-refractivity contribution in [1.29, 1.82) is 0 Å². The molecule has 3 aromatic rings. The van der Waals surface area contributed by atoms with Crippen LogP contribution in [0.25, 0.3) is 0 Å². The van der Waals surface area contributed by atoms with Crippen molar-refractivity contribution in [3.05, 3.63) is 77.9 Å². The molecular weight excluding hydrogens is 376 g/mol. The van der Waals surface area contributed by atoms with Gasteiger partial charge in [0.1, 0.15) is 12.4 Å². The Morgan fingerprint density at radius 3 is 2.53 bits per heavy atom. The highest BCUT2D eigenvalue weighted by molar-refractivity contribution is 5.93. The predicted octanol–water partition coefficient (Wildman–Crippen LogP) is 3.97. The van der Waals surface area contributed by atoms with E-state index in [2.05, 4.69) is 34.3 Å². The maximum absolute atomic E-state index is 12.7. The van der Waals surface area contributed by atoms with Crippen LogP contribution in [0.3, 0.4) is 0 Å². The molecule has 0 atom stereocenters. The van der Waals surface area contributed by atoms with E-state index < -0.39 is 0 Å². The number of benzene rings is 1. The van der Waals surface area contributed by atoms with E-state index in [1.807, 2.05) is 30.2 Å². The first-order chi connectivity index (χ1) is 14.7. The summed E-state index contributed by atoms with van der Waals surface area (Å²) in [5.41, 5.74) is 3.18. The third-order valence-electron chi connectivity index (χ3n) is 5.69. The molecule has 0 saturated carbocycles. The number of rotatable bonds is 7. The normalized spacial score (nSPS) is 14.6. The van der Waals surface area contributed by atoms with Gasteiger partial charge >= 0.3 is 0 Å². The third-order valence-corrected chi connectivity index (χ3v) is 5.69. The highest BCUT2D eigenvalue weighted by Crippen LogP contribution is 2.23. The number of hydrogen-bond acceptors (Lipinski definition) is 4. The van der Waals surface area contributed by atoms with Crippen LogP contribution in [0.4, 0.5) is 0 Å². The largest absolute Gasteiger partial charge is 0.487 e. The fourth-order valence-electron chi connectivity index (χ4n) is 3.87. The van der Waals surface area contributed by atoms with E-state index in [1.165, 1.54) is 5.56 Å². The first kappa shape index (κ1) is 20.1. The highest BCUT2D eigenvalue weighted by atomic mass is 16.5. The Morgan fingerprint density at radius 2 is 1.87 bits per heavy atom. The van der Waals surface area contributed by atoms with Crippen LogP contribution in [-0.4, -0.2) is 38.7 Å². The fraction of sp³-hybridized carbons (Fsp3) is 0.375. The molecule has 4 rings (SSSR count). The molecule has 2 aromatic heterocycles. The number of carbonyl (C=O) groups excluding carboxylic acids is 1. The maximum atomic E-state index is 12.7. The molecule has 1 aliphatic heterocycles. The van der Waals surface area contributed by atoms with Gasteiger partial charge in [0.15, 0.2) is 0 Å². The third kappa shape index (κ3) is 5.06. The molecule has 3 heterocycles. The summed E-state index contributed by atoms with van der Waals surface area (Å²) in [5.74, 6) is 1.50. The van der Waals surface area contributed by atoms with E-state index in [-0.39, 0.29) is 5.91 Å². The minimum Gasteiger partial charge on any atom is -0.487 e. The van der Waals surface area contributed by atoms with Gasteiger partial charge in [-0.05, 0) is 55.4 Å². The quantitative estimate of drug-likeness (QED) is 0.598. The number of likely N-dealkylation sites (tertiary alicyclic amines) is 1. The number of aromatic nitrogens is 3. The maximum Gasteiger partial charge on any atom is 0.257 e. The molecule has 1 aliphatic rings. The summed E-state index contributed by atoms with van der Waals surface area (Å²) in [6, 6.07) is 12.4. The molecule has 1 saturated heterocycles. The summed E-state index contributed by atoms with van der Waals surface area (Å²) in [6.07, 6.45) is 10.1. The van der Waals surface area contributed by atoms with E-state index in [1.54, 1.807) is 23.3 Å². The zero-order valence-corrected chi connectivity index (χ0v) is 17.4. The second kappa shape index (κ2) is 9.57. The van der Waals surface area contributed by atoms with Crippen molar-refractivity contribution in [3.8, 4) is 5.75 Å². The predicted molar refractivity (Wildman–Crippen MR) is 115 cm³/mol. The van der Waals surface area contributed by atoms with Crippen LogP contribution in [-0.2, 0) is 19.6 Å². The zero-order valence-electron chi connectivity index (χ0n) is 17.4. The van der Waals surface area contributed by atoms with Crippen LogP contribution in [0.15, 0.2) is 61.2 Å². The van der Waals surface area contributed by atoms with Crippen molar-refractivity contribution < 1.29 is 9.53 Å². The summed E-state index contributed by atoms with van der Waals surface area (Å²) >= 11 is 0. The lowest BCUT2D eigenvalue weighted by Crippen LogP contribution is -2.38. The van der Waals surface area contributed by atoms with Gasteiger partial charge in [-0.2, -0.15) is 5.10 Å². The average Bonchev–Trinajstić information content (AvgIpc) is 3.29. The first-order valence-electron chi connectivity index (χ1n) is 10.6. The summed E-state index contributed by atoms with van der Waals surface area (Å²) < 4.78 is 7.55. The van der Waals surface area contributed by atoms with Crippen molar-refractivity contribution in [2.75, 3.05) is 13.1 Å². The van der Waals surface area contributed by atoms with Crippen LogP contribution in [0.1, 0.15) is 41.3 Å². The van der Waals surface area contributed by atoms with Crippen molar-refractivity contribution >= 4 is 5.91 Å². The van der Waals surface area contributed by atoms with Crippen LogP contribution in [0, 0.1) is 5.92 Å². The number of pyridine rings is 1. The molecule has 1 aromatic carbocycles. The van der Waals surface area contributed by atoms with Crippen LogP contribution in [0.2, 0.25) is 0 Å². The molecule has 30 heavy (non-hydrogen) atoms. The van der Waals surface area contributed by atoms with Crippen LogP contribution in [0.5, 0.6) is 5.75 Å². The molecule has 1 fully saturated rings. The lowest BCUT2D eigenvalue weighted by atomic mass is 9.90. The van der Waals surface area contributed by atoms with Crippen molar-refractivity contribution in [2.24, 2.45) is 5.92 Å². The second-order valence-corrected chi connectivity index (χ2v) is 7.82. The van der Waals surface area contributed by atoms with Gasteiger partial charge < -0.3 is 9.64 Å². The number of carbonyl (C=O) groups is 1. The Bertz CT molecular complexity index is 945. The number of nitrogens with zero attached hydrogens (tertiary/aromatic N) is 4. The number of ether oxygens (including phenoxy) is 1. The van der Waals surface area contributed by atoms with Gasteiger partial charge in [0.05, 0.1) is 18.0 Å². The van der Waals surface area contributed by atoms with Crippen molar-refractivity contribution in [1.82, 2.24) is 19.7 Å². The van der Waals surface area contributed by atoms with Gasteiger partial charge in [-0.1, -0.05) is 24.3 Å². The molecule has 0 aliphatic carbocycles. The zero-order chi connectivity index (χ0) is 20.8. The molecule has 0 N–H and O–H groups in total. The second-order valence-electron chi connectivity index (χ2n) is 7.82. The standard InChI is InChI=1S/C24H28N4O2/c1-2-28-17-22(15-26-28)24(29)27-12-9-20(10-13-27)14-19-5-7-21(8-6-19)18-30-23-4-3-11-25-16-23/h3-8,11,15-17,20H,2,9-10,12-14,18H2,1H3. The fourth-order valence-corrected chi connectivity index (χ4v) is 3.87. The minimum atomic E-state index is 0.103. The number of piperidine rings is 1. The smallest absolute Gasteiger partial charge is 0.257 e. The van der Waals surface area contributed by atoms with Crippen molar-refractivity contribution in [3.63, 3.8) is 0 Å². The lowest BCUT2D eigenvalue weighted by Gasteiger charge is -2.32. The van der Waals surface area contributed by atoms with Crippen LogP contribution < -0.4 is 4.74 Å². The summed E-state index contributed by atoms with van der Waals surface area (Å²) in [6.45, 7) is 4.98. The molecule has 6 heteroatoms. The van der Waals surface area contributed by atoms with Gasteiger partial charge in [-0.3, -0.25) is 14.5 Å². The number of aryl methyl sites for hydroxylation is 1. The number of hydrogen-bond donors (Lipinski definition) is 0. The van der Waals surface area contributed by atoms with Gasteiger partial charge in [0.2, 0.25) is 0 Å². The van der Waals surface area contributed by atoms with Gasteiger partial charge in [-0.25, -0.2) is 0 Å². The SMILES string of the molecule is CCn1cc(C(=O)N2CCC(Cc3ccc(COc4cccnc4)cc3)CC2)cn1. The van der Waals surface area contributed by atoms with E-state index in [4.69, 9.17) is 4.74 Å². The van der Waals surface area contributed by atoms with Gasteiger partial charge in [-0.15, -0.1) is 0 Å². The van der Waals surface area contributed by atoms with Crippen LogP contribution >= 0.6 is 0 Å². The van der Waals surface area contributed by atoms with Crippen molar-refractivity contribution in [2.45, 2.75) is 39.3 Å². The Labute approximate surface area is 177 Å². The minimum absolute atomic E-state index is 0.103. The molecule has 0 unspecified atom stereocenters. The Hall–Kier alpha value is -3.15. The topological polar surface area (TPSA) is 60.2 Å². The molecule has 6 nitrogen and oxygen atoms in total. The Kier molecular flexibility index (Phi) is 6.42. The van der Waals surface area contributed by atoms with E-state index >= 15 is 0 Å². The molecule has 0 spiro atoms. The summed E-state index contributed by atoms with van der Waals surface area (Å²) in [4.78, 5) is 18.7. The summed E-state index contributed by atoms with van der Waals surface area (Å²) in [7, 11) is 0. The van der Waals surface area contributed by atoms with Gasteiger partial charge in [0, 0.05) is 32.0 Å². The molecular formula is C24H28N4O2. The Morgan fingerprint density at radius 1 is 1.10 bits per heavy atom. The molecule has 0 bridgehead atoms. The highest BCUT2D eigenvalue weighted by Gasteiger charge is 2.24. The van der Waals surface area contributed by atoms with E-state index in [0.717, 1.165) is 50.2 Å². The molecule has 1 amide bonds. The monoisotopic (exact) mass is 404 g/mol. The Balaban J connectivity index is 1.24. The van der Waals surface area contributed by atoms with E-state index in [9.17, 15) is 4.79 Å². The number of amides is 1.